The molecule has 1 unspecified atom stereocenters. The summed E-state index contributed by atoms with van der Waals surface area (Å²) < 4.78 is 57.8. The van der Waals surface area contributed by atoms with E-state index in [2.05, 4.69) is 22.5 Å². The molecule has 10 heteroatoms. The van der Waals surface area contributed by atoms with Gasteiger partial charge in [0, 0.05) is 18.3 Å². The lowest BCUT2D eigenvalue weighted by atomic mass is 10.1. The Morgan fingerprint density at radius 2 is 2.03 bits per heavy atom. The molecule has 0 radical (unpaired) electrons. The van der Waals surface area contributed by atoms with Crippen LogP contribution >= 0.6 is 19.1 Å². The minimum atomic E-state index is -4.35. The molecule has 1 aromatic heterocycles. The maximum Gasteiger partial charge on any atom is 0.393 e. The average Bonchev–Trinajstić information content (AvgIpc) is 3.12. The van der Waals surface area contributed by atoms with E-state index in [-0.39, 0.29) is 12.1 Å². The maximum atomic E-state index is 13.2. The summed E-state index contributed by atoms with van der Waals surface area (Å²) in [5.41, 5.74) is 7.19. The third-order valence-electron chi connectivity index (χ3n) is 4.83. The van der Waals surface area contributed by atoms with Gasteiger partial charge in [-0.25, -0.2) is 0 Å². The Labute approximate surface area is 195 Å². The molecule has 5 nitrogen and oxygen atoms in total. The van der Waals surface area contributed by atoms with Crippen molar-refractivity contribution in [2.24, 2.45) is 0 Å². The SMILES string of the molecule is CNCC[P+](=O)c1ccc(NCC#Cc2sc3c(N)cccc3c2CC(F)(F)F)c(OC)c1. The van der Waals surface area contributed by atoms with E-state index in [9.17, 15) is 17.7 Å². The summed E-state index contributed by atoms with van der Waals surface area (Å²) in [4.78, 5) is 0.353. The van der Waals surface area contributed by atoms with Crippen molar-refractivity contribution in [3.05, 3.63) is 46.8 Å². The number of nitrogens with one attached hydrogen (secondary N) is 2. The Morgan fingerprint density at radius 1 is 1.24 bits per heavy atom. The zero-order valence-electron chi connectivity index (χ0n) is 18.2. The van der Waals surface area contributed by atoms with Crippen LogP contribution in [0.15, 0.2) is 36.4 Å². The van der Waals surface area contributed by atoms with Crippen LogP contribution < -0.4 is 26.4 Å². The number of fused-ring (bicyclic) bond motifs is 1. The third kappa shape index (κ3) is 6.38. The summed E-state index contributed by atoms with van der Waals surface area (Å²) in [5, 5.41) is 7.26. The third-order valence-corrected chi connectivity index (χ3v) is 7.53. The highest BCUT2D eigenvalue weighted by molar-refractivity contribution is 7.53. The number of halogens is 3. The van der Waals surface area contributed by atoms with Crippen molar-refractivity contribution in [1.29, 1.82) is 0 Å². The summed E-state index contributed by atoms with van der Waals surface area (Å²) >= 11 is 1.17. The fourth-order valence-corrected chi connectivity index (χ4v) is 5.56. The molecule has 0 aliphatic rings. The topological polar surface area (TPSA) is 76.4 Å². The van der Waals surface area contributed by atoms with E-state index < -0.39 is 20.4 Å². The average molecular weight is 494 g/mol. The van der Waals surface area contributed by atoms with Crippen LogP contribution in [-0.4, -0.2) is 39.6 Å². The Bertz CT molecular complexity index is 1220. The monoisotopic (exact) mass is 494 g/mol. The van der Waals surface area contributed by atoms with Gasteiger partial charge < -0.3 is 21.1 Å². The number of hydrogen-bond donors (Lipinski definition) is 3. The highest BCUT2D eigenvalue weighted by Crippen LogP contribution is 2.38. The van der Waals surface area contributed by atoms with Crippen LogP contribution in [-0.2, 0) is 11.0 Å². The molecule has 0 aliphatic heterocycles. The lowest BCUT2D eigenvalue weighted by molar-refractivity contribution is -0.126. The molecule has 0 saturated carbocycles. The van der Waals surface area contributed by atoms with Gasteiger partial charge in [-0.2, -0.15) is 13.2 Å². The number of hydrogen-bond acceptors (Lipinski definition) is 6. The smallest absolute Gasteiger partial charge is 0.393 e. The van der Waals surface area contributed by atoms with Crippen LogP contribution in [0, 0.1) is 11.8 Å². The minimum absolute atomic E-state index is 0.148. The summed E-state index contributed by atoms with van der Waals surface area (Å²) in [6, 6.07) is 10.2. The number of anilines is 2. The van der Waals surface area contributed by atoms with Crippen LogP contribution in [0.5, 0.6) is 5.75 Å². The molecule has 1 heterocycles. The second-order valence-corrected chi connectivity index (χ2v) is 9.91. The van der Waals surface area contributed by atoms with E-state index in [1.54, 1.807) is 43.4 Å². The first-order chi connectivity index (χ1) is 15.7. The highest BCUT2D eigenvalue weighted by Gasteiger charge is 2.31. The number of methoxy groups -OCH3 is 1. The molecule has 4 N–H and O–H groups in total. The van der Waals surface area contributed by atoms with Crippen molar-refractivity contribution >= 4 is 45.9 Å². The summed E-state index contributed by atoms with van der Waals surface area (Å²) in [6.45, 7) is 0.837. The molecule has 0 saturated heterocycles. The zero-order chi connectivity index (χ0) is 24.0. The molecule has 0 aliphatic carbocycles. The second-order valence-electron chi connectivity index (χ2n) is 7.17. The number of thiophene rings is 1. The number of nitrogen functional groups attached to an aromatic ring is 1. The van der Waals surface area contributed by atoms with Crippen molar-refractivity contribution in [1.82, 2.24) is 5.32 Å². The van der Waals surface area contributed by atoms with Crippen LogP contribution in [0.4, 0.5) is 24.5 Å². The molecular weight excluding hydrogens is 470 g/mol. The molecule has 0 bridgehead atoms. The van der Waals surface area contributed by atoms with E-state index in [1.807, 2.05) is 0 Å². The van der Waals surface area contributed by atoms with Crippen LogP contribution in [0.2, 0.25) is 0 Å². The van der Waals surface area contributed by atoms with E-state index in [0.717, 1.165) is 0 Å². The van der Waals surface area contributed by atoms with Gasteiger partial charge in [0.2, 0.25) is 0 Å². The first-order valence-electron chi connectivity index (χ1n) is 10.1. The highest BCUT2D eigenvalue weighted by atomic mass is 32.1. The van der Waals surface area contributed by atoms with Gasteiger partial charge in [-0.05, 0) is 36.2 Å². The Balaban J connectivity index is 1.79. The van der Waals surface area contributed by atoms with Crippen LogP contribution in [0.25, 0.3) is 10.1 Å². The molecule has 1 atom stereocenters. The van der Waals surface area contributed by atoms with Crippen molar-refractivity contribution in [3.8, 4) is 17.6 Å². The van der Waals surface area contributed by atoms with Crippen LogP contribution in [0.3, 0.4) is 0 Å². The molecule has 0 spiro atoms. The first-order valence-corrected chi connectivity index (χ1v) is 12.4. The van der Waals surface area contributed by atoms with Gasteiger partial charge in [0.25, 0.3) is 0 Å². The van der Waals surface area contributed by atoms with E-state index in [4.69, 9.17) is 10.5 Å². The maximum absolute atomic E-state index is 13.2. The molecule has 0 amide bonds. The van der Waals surface area contributed by atoms with Gasteiger partial charge in [0.15, 0.2) is 11.5 Å². The second kappa shape index (κ2) is 10.9. The molecule has 3 aromatic rings. The summed E-state index contributed by atoms with van der Waals surface area (Å²) in [6.07, 6.45) is -4.89. The molecule has 0 fully saturated rings. The van der Waals surface area contributed by atoms with E-state index in [1.165, 1.54) is 18.4 Å². The predicted octanol–water partition coefficient (Wildman–Crippen LogP) is 4.73. The molecule has 2 aromatic carbocycles. The van der Waals surface area contributed by atoms with E-state index >= 15 is 0 Å². The van der Waals surface area contributed by atoms with Gasteiger partial charge in [0.1, 0.15) is 5.75 Å². The first kappa shape index (κ1) is 24.8. The number of alkyl halides is 3. The Morgan fingerprint density at radius 3 is 2.73 bits per heavy atom. The lowest BCUT2D eigenvalue weighted by Crippen LogP contribution is -2.12. The number of ether oxygens (including phenoxy) is 1. The van der Waals surface area contributed by atoms with E-state index in [0.29, 0.717) is 50.1 Å². The normalized spacial score (nSPS) is 11.7. The standard InChI is InChI=1S/C23H24F3N3O2PS/c1-28-11-12-32(30)15-8-9-19(20(13-15)31-2)29-10-4-7-21-17(14-23(24,25)26)16-5-3-6-18(27)22(16)33-21/h3,5-6,8-9,13,28-29H,10-12,14,27H2,1-2H3/q+1. The van der Waals surface area contributed by atoms with Gasteiger partial charge in [0.05, 0.1) is 35.3 Å². The fourth-order valence-electron chi connectivity index (χ4n) is 3.26. The largest absolute Gasteiger partial charge is 0.494 e. The van der Waals surface area contributed by atoms with Gasteiger partial charge in [-0.3, -0.25) is 0 Å². The van der Waals surface area contributed by atoms with Gasteiger partial charge in [-0.1, -0.05) is 28.5 Å². The minimum Gasteiger partial charge on any atom is -0.494 e. The number of nitrogens with two attached hydrogens (primary N) is 1. The van der Waals surface area contributed by atoms with Crippen molar-refractivity contribution in [2.75, 3.05) is 44.5 Å². The molecule has 3 rings (SSSR count). The number of rotatable bonds is 8. The van der Waals surface area contributed by atoms with Crippen molar-refractivity contribution < 1.29 is 22.5 Å². The quantitative estimate of drug-likeness (QED) is 0.240. The molecule has 33 heavy (non-hydrogen) atoms. The molecule has 174 valence electrons. The van der Waals surface area contributed by atoms with Crippen molar-refractivity contribution in [3.63, 3.8) is 0 Å². The summed E-state index contributed by atoms with van der Waals surface area (Å²) in [5.74, 6) is 6.28. The van der Waals surface area contributed by atoms with Crippen LogP contribution in [0.1, 0.15) is 10.4 Å². The Hall–Kier alpha value is -2.79. The lowest BCUT2D eigenvalue weighted by Gasteiger charge is -2.08. The molecular formula is C23H24F3N3O2PS+. The zero-order valence-corrected chi connectivity index (χ0v) is 19.9. The van der Waals surface area contributed by atoms with Crippen molar-refractivity contribution in [2.45, 2.75) is 12.6 Å². The summed E-state index contributed by atoms with van der Waals surface area (Å²) in [7, 11) is 1.78. The Kier molecular flexibility index (Phi) is 8.20. The van der Waals surface area contributed by atoms with Gasteiger partial charge in [-0.15, -0.1) is 11.3 Å². The predicted molar refractivity (Wildman–Crippen MR) is 130 cm³/mol. The fraction of sp³-hybridized carbons (Fsp3) is 0.304. The van der Waals surface area contributed by atoms with Gasteiger partial charge >= 0.3 is 14.0 Å². The number of benzene rings is 2.